The largest absolute Gasteiger partial charge is 0.362 e. The number of hydrogen-bond acceptors (Lipinski definition) is 5. The van der Waals surface area contributed by atoms with Gasteiger partial charge in [0.25, 0.3) is 0 Å². The maximum atomic E-state index is 13.3. The molecule has 3 aromatic rings. The molecule has 3 N–H and O–H groups in total. The topological polar surface area (TPSA) is 82.2 Å². The van der Waals surface area contributed by atoms with Crippen molar-refractivity contribution in [3.05, 3.63) is 59.9 Å². The average Bonchev–Trinajstić information content (AvgIpc) is 2.78. The number of hydrogen-bond donors (Lipinski definition) is 3. The van der Waals surface area contributed by atoms with Crippen LogP contribution >= 0.6 is 0 Å². The zero-order chi connectivity index (χ0) is 22.5. The molecule has 1 aromatic heterocycles. The van der Waals surface area contributed by atoms with Crippen molar-refractivity contribution < 1.29 is 9.18 Å². The smallest absolute Gasteiger partial charge is 0.315 e. The molecule has 0 unspecified atom stereocenters. The lowest BCUT2D eigenvalue weighted by Gasteiger charge is -2.30. The number of aromatic nitrogens is 2. The highest BCUT2D eigenvalue weighted by molar-refractivity contribution is 5.90. The van der Waals surface area contributed by atoms with E-state index >= 15 is 0 Å². The summed E-state index contributed by atoms with van der Waals surface area (Å²) in [5, 5.41) is 10.3. The first kappa shape index (κ1) is 21.8. The standard InChI is InChI=1S/C24H29FN6O/c1-31(2)22-20-8-3-4-9-21(20)29-23(30-22)27-18-10-12-19(13-11-18)28-24(32)26-15-16-6-5-7-17(25)14-16/h3-9,14,18-19H,10-13,15H2,1-2H3,(H2,26,28,32)(H,27,29,30). The van der Waals surface area contributed by atoms with E-state index in [0.29, 0.717) is 12.5 Å². The fourth-order valence-corrected chi connectivity index (χ4v) is 4.10. The van der Waals surface area contributed by atoms with Gasteiger partial charge in [-0.3, -0.25) is 0 Å². The predicted molar refractivity (Wildman–Crippen MR) is 125 cm³/mol. The number of nitrogens with one attached hydrogen (secondary N) is 3. The number of carbonyl (C=O) groups is 1. The van der Waals surface area contributed by atoms with Gasteiger partial charge in [-0.1, -0.05) is 24.3 Å². The van der Waals surface area contributed by atoms with E-state index in [1.54, 1.807) is 12.1 Å². The number of fused-ring (bicyclic) bond motifs is 1. The number of nitrogens with zero attached hydrogens (tertiary/aromatic N) is 3. The third kappa shape index (κ3) is 5.43. The first-order valence-corrected chi connectivity index (χ1v) is 11.0. The molecule has 1 aliphatic carbocycles. The van der Waals surface area contributed by atoms with Gasteiger partial charge in [0.2, 0.25) is 5.95 Å². The van der Waals surface area contributed by atoms with Gasteiger partial charge < -0.3 is 20.9 Å². The molecule has 4 rings (SSSR count). The molecule has 2 aromatic carbocycles. The summed E-state index contributed by atoms with van der Waals surface area (Å²) in [6, 6.07) is 14.4. The van der Waals surface area contributed by atoms with Crippen LogP contribution in [-0.2, 0) is 6.54 Å². The highest BCUT2D eigenvalue weighted by atomic mass is 19.1. The first-order chi connectivity index (χ1) is 15.5. The second-order valence-corrected chi connectivity index (χ2v) is 8.43. The fourth-order valence-electron chi connectivity index (χ4n) is 4.10. The van der Waals surface area contributed by atoms with Gasteiger partial charge in [-0.25, -0.2) is 14.2 Å². The van der Waals surface area contributed by atoms with E-state index in [1.807, 2.05) is 43.3 Å². The molecule has 1 saturated carbocycles. The van der Waals surface area contributed by atoms with Crippen LogP contribution < -0.4 is 20.9 Å². The minimum absolute atomic E-state index is 0.121. The van der Waals surface area contributed by atoms with Crippen LogP contribution in [-0.4, -0.2) is 42.2 Å². The summed E-state index contributed by atoms with van der Waals surface area (Å²) in [6.07, 6.45) is 3.59. The van der Waals surface area contributed by atoms with Crippen LogP contribution in [0, 0.1) is 5.82 Å². The highest BCUT2D eigenvalue weighted by Crippen LogP contribution is 2.26. The molecule has 8 heteroatoms. The predicted octanol–water partition coefficient (Wildman–Crippen LogP) is 4.06. The van der Waals surface area contributed by atoms with Crippen LogP contribution in [0.3, 0.4) is 0 Å². The minimum Gasteiger partial charge on any atom is -0.362 e. The summed E-state index contributed by atoms with van der Waals surface area (Å²) in [4.78, 5) is 23.6. The van der Waals surface area contributed by atoms with Gasteiger partial charge in [-0.05, 0) is 55.5 Å². The molecule has 0 aliphatic heterocycles. The van der Waals surface area contributed by atoms with E-state index in [-0.39, 0.29) is 23.9 Å². The van der Waals surface area contributed by atoms with E-state index in [4.69, 9.17) is 4.98 Å². The summed E-state index contributed by atoms with van der Waals surface area (Å²) in [7, 11) is 3.96. The number of anilines is 2. The summed E-state index contributed by atoms with van der Waals surface area (Å²) in [6.45, 7) is 0.300. The van der Waals surface area contributed by atoms with E-state index in [2.05, 4.69) is 20.9 Å². The quantitative estimate of drug-likeness (QED) is 0.543. The van der Waals surface area contributed by atoms with Crippen LogP contribution in [0.2, 0.25) is 0 Å². The Kier molecular flexibility index (Phi) is 6.68. The molecule has 1 heterocycles. The molecule has 1 fully saturated rings. The van der Waals surface area contributed by atoms with Crippen LogP contribution in [0.15, 0.2) is 48.5 Å². The number of rotatable bonds is 6. The number of urea groups is 1. The highest BCUT2D eigenvalue weighted by Gasteiger charge is 2.23. The Hall–Kier alpha value is -3.42. The Labute approximate surface area is 187 Å². The third-order valence-electron chi connectivity index (χ3n) is 5.74. The normalized spacial score (nSPS) is 18.2. The van der Waals surface area contributed by atoms with Crippen molar-refractivity contribution in [3.63, 3.8) is 0 Å². The molecular weight excluding hydrogens is 407 g/mol. The lowest BCUT2D eigenvalue weighted by molar-refractivity contribution is 0.231. The fraction of sp³-hybridized carbons (Fsp3) is 0.375. The Morgan fingerprint density at radius 2 is 1.78 bits per heavy atom. The Balaban J connectivity index is 1.28. The number of benzene rings is 2. The van der Waals surface area contributed by atoms with Gasteiger partial charge in [0.1, 0.15) is 11.6 Å². The number of para-hydroxylation sites is 1. The van der Waals surface area contributed by atoms with Crippen molar-refractivity contribution in [2.75, 3.05) is 24.3 Å². The second kappa shape index (κ2) is 9.80. The Morgan fingerprint density at radius 1 is 1.03 bits per heavy atom. The van der Waals surface area contributed by atoms with Crippen molar-refractivity contribution in [2.45, 2.75) is 44.3 Å². The van der Waals surface area contributed by atoms with E-state index in [0.717, 1.165) is 48.0 Å². The van der Waals surface area contributed by atoms with Crippen molar-refractivity contribution in [1.29, 1.82) is 0 Å². The summed E-state index contributed by atoms with van der Waals surface area (Å²) in [5.74, 6) is 1.23. The lowest BCUT2D eigenvalue weighted by Crippen LogP contribution is -2.44. The van der Waals surface area contributed by atoms with Crippen molar-refractivity contribution in [3.8, 4) is 0 Å². The molecule has 1 aliphatic rings. The zero-order valence-corrected chi connectivity index (χ0v) is 18.4. The van der Waals surface area contributed by atoms with E-state index < -0.39 is 0 Å². The van der Waals surface area contributed by atoms with Crippen LogP contribution in [0.25, 0.3) is 10.9 Å². The maximum absolute atomic E-state index is 13.3. The van der Waals surface area contributed by atoms with Crippen LogP contribution in [0.4, 0.5) is 21.0 Å². The molecule has 0 spiro atoms. The molecule has 2 amide bonds. The van der Waals surface area contributed by atoms with E-state index in [9.17, 15) is 9.18 Å². The zero-order valence-electron chi connectivity index (χ0n) is 18.4. The average molecular weight is 437 g/mol. The number of amides is 2. The van der Waals surface area contributed by atoms with E-state index in [1.165, 1.54) is 12.1 Å². The summed E-state index contributed by atoms with van der Waals surface area (Å²) >= 11 is 0. The van der Waals surface area contributed by atoms with Gasteiger partial charge >= 0.3 is 6.03 Å². The van der Waals surface area contributed by atoms with Crippen LogP contribution in [0.5, 0.6) is 0 Å². The third-order valence-corrected chi connectivity index (χ3v) is 5.74. The molecule has 0 atom stereocenters. The maximum Gasteiger partial charge on any atom is 0.315 e. The summed E-state index contributed by atoms with van der Waals surface area (Å²) in [5.41, 5.74) is 1.65. The minimum atomic E-state index is -0.302. The van der Waals surface area contributed by atoms with Gasteiger partial charge in [0.05, 0.1) is 5.52 Å². The molecule has 7 nitrogen and oxygen atoms in total. The molecule has 0 saturated heterocycles. The second-order valence-electron chi connectivity index (χ2n) is 8.43. The SMILES string of the molecule is CN(C)c1nc(NC2CCC(NC(=O)NCc3cccc(F)c3)CC2)nc2ccccc12. The molecule has 0 radical (unpaired) electrons. The van der Waals surface area contributed by atoms with Gasteiger partial charge in [0.15, 0.2) is 0 Å². The lowest BCUT2D eigenvalue weighted by atomic mass is 9.91. The first-order valence-electron chi connectivity index (χ1n) is 11.0. The Morgan fingerprint density at radius 3 is 2.53 bits per heavy atom. The van der Waals surface area contributed by atoms with Crippen molar-refractivity contribution in [2.24, 2.45) is 0 Å². The van der Waals surface area contributed by atoms with Crippen molar-refractivity contribution in [1.82, 2.24) is 20.6 Å². The molecular formula is C24H29FN6O. The molecule has 32 heavy (non-hydrogen) atoms. The number of carbonyl (C=O) groups excluding carboxylic acids is 1. The number of halogens is 1. The monoisotopic (exact) mass is 436 g/mol. The molecule has 0 bridgehead atoms. The molecule has 168 valence electrons. The van der Waals surface area contributed by atoms with Crippen LogP contribution in [0.1, 0.15) is 31.2 Å². The van der Waals surface area contributed by atoms with Gasteiger partial charge in [-0.2, -0.15) is 4.98 Å². The Bertz CT molecular complexity index is 1080. The van der Waals surface area contributed by atoms with Gasteiger partial charge in [-0.15, -0.1) is 0 Å². The van der Waals surface area contributed by atoms with Gasteiger partial charge in [0, 0.05) is 38.1 Å². The van der Waals surface area contributed by atoms with Crippen molar-refractivity contribution >= 4 is 28.7 Å². The summed E-state index contributed by atoms with van der Waals surface area (Å²) < 4.78 is 13.3.